The number of carbonyl (C=O) groups is 1. The zero-order valence-electron chi connectivity index (χ0n) is 9.31. The van der Waals surface area contributed by atoms with Crippen LogP contribution in [0.25, 0.3) is 0 Å². The fraction of sp³-hybridized carbons (Fsp3) is 0.667. The van der Waals surface area contributed by atoms with Crippen LogP contribution in [0.5, 0.6) is 0 Å². The molecule has 1 amide bonds. The maximum absolute atomic E-state index is 11.5. The molecule has 0 radical (unpaired) electrons. The average Bonchev–Trinajstić information content (AvgIpc) is 2.95. The Morgan fingerprint density at radius 1 is 1.71 bits per heavy atom. The summed E-state index contributed by atoms with van der Waals surface area (Å²) in [7, 11) is 0. The van der Waals surface area contributed by atoms with E-state index in [0.29, 0.717) is 11.7 Å². The summed E-state index contributed by atoms with van der Waals surface area (Å²) < 4.78 is 5.40. The highest BCUT2D eigenvalue weighted by molar-refractivity contribution is 7.99. The van der Waals surface area contributed by atoms with Gasteiger partial charge in [0.15, 0.2) is 0 Å². The third-order valence-electron chi connectivity index (χ3n) is 2.37. The Hall–Kier alpha value is -1.28. The summed E-state index contributed by atoms with van der Waals surface area (Å²) in [6.07, 6.45) is 2.26. The molecular formula is C9H15N5O2S. The van der Waals surface area contributed by atoms with Crippen molar-refractivity contribution >= 4 is 23.6 Å². The fourth-order valence-electron chi connectivity index (χ4n) is 1.54. The van der Waals surface area contributed by atoms with Crippen molar-refractivity contribution in [2.45, 2.75) is 24.1 Å². The second-order valence-corrected chi connectivity index (χ2v) is 4.67. The summed E-state index contributed by atoms with van der Waals surface area (Å²) in [5.74, 6) is 0.491. The molecule has 1 saturated heterocycles. The molecule has 8 heteroatoms. The van der Waals surface area contributed by atoms with Crippen molar-refractivity contribution in [3.63, 3.8) is 0 Å². The number of hydrogen-bond acceptors (Lipinski definition) is 6. The molecule has 1 aromatic rings. The molecule has 0 aromatic carbocycles. The third-order valence-corrected chi connectivity index (χ3v) is 3.21. The molecular weight excluding hydrogens is 242 g/mol. The van der Waals surface area contributed by atoms with Crippen molar-refractivity contribution in [2.24, 2.45) is 0 Å². The molecule has 1 aliphatic rings. The van der Waals surface area contributed by atoms with Crippen LogP contribution in [-0.2, 0) is 9.53 Å². The second kappa shape index (κ2) is 5.87. The van der Waals surface area contributed by atoms with Crippen LogP contribution in [0.1, 0.15) is 12.8 Å². The van der Waals surface area contributed by atoms with Crippen molar-refractivity contribution in [2.75, 3.05) is 24.6 Å². The topological polar surface area (TPSA) is 106 Å². The van der Waals surface area contributed by atoms with E-state index in [2.05, 4.69) is 20.5 Å². The van der Waals surface area contributed by atoms with Gasteiger partial charge in [-0.3, -0.25) is 4.79 Å². The van der Waals surface area contributed by atoms with Gasteiger partial charge in [0.1, 0.15) is 0 Å². The zero-order valence-corrected chi connectivity index (χ0v) is 10.1. The van der Waals surface area contributed by atoms with Gasteiger partial charge in [0.25, 0.3) is 0 Å². The summed E-state index contributed by atoms with van der Waals surface area (Å²) >= 11 is 1.25. The summed E-state index contributed by atoms with van der Waals surface area (Å²) in [4.78, 5) is 15.4. The number of nitrogens with zero attached hydrogens (tertiary/aromatic N) is 2. The monoisotopic (exact) mass is 257 g/mol. The van der Waals surface area contributed by atoms with Crippen molar-refractivity contribution in [3.8, 4) is 0 Å². The first-order valence-electron chi connectivity index (χ1n) is 5.43. The van der Waals surface area contributed by atoms with Gasteiger partial charge in [0.05, 0.1) is 11.9 Å². The second-order valence-electron chi connectivity index (χ2n) is 3.73. The van der Waals surface area contributed by atoms with Crippen LogP contribution in [0.2, 0.25) is 0 Å². The zero-order chi connectivity index (χ0) is 12.1. The minimum atomic E-state index is -0.0473. The van der Waals surface area contributed by atoms with E-state index in [1.807, 2.05) is 0 Å². The van der Waals surface area contributed by atoms with E-state index in [-0.39, 0.29) is 23.7 Å². The highest BCUT2D eigenvalue weighted by Crippen LogP contribution is 2.13. The Bertz CT molecular complexity index is 377. The van der Waals surface area contributed by atoms with Gasteiger partial charge in [-0.05, 0) is 12.8 Å². The molecule has 2 heterocycles. The quantitative estimate of drug-likeness (QED) is 0.629. The Labute approximate surface area is 103 Å². The molecule has 7 nitrogen and oxygen atoms in total. The Morgan fingerprint density at radius 3 is 3.24 bits per heavy atom. The van der Waals surface area contributed by atoms with Gasteiger partial charge in [-0.1, -0.05) is 11.8 Å². The standard InChI is InChI=1S/C9H15N5O2S/c10-8-12-9(14-13-8)17-5-7(15)11-4-6-2-1-3-16-6/h6H,1-5H2,(H,11,15)(H3,10,12,13,14)/t6-/m0/s1. The smallest absolute Gasteiger partial charge is 0.230 e. The number of nitrogens with two attached hydrogens (primary N) is 1. The predicted octanol–water partition coefficient (Wildman–Crippen LogP) is -0.226. The number of hydrogen-bond donors (Lipinski definition) is 3. The van der Waals surface area contributed by atoms with E-state index < -0.39 is 0 Å². The summed E-state index contributed by atoms with van der Waals surface area (Å²) in [6, 6.07) is 0. The molecule has 94 valence electrons. The number of carbonyl (C=O) groups excluding carboxylic acids is 1. The largest absolute Gasteiger partial charge is 0.376 e. The molecule has 17 heavy (non-hydrogen) atoms. The normalized spacial score (nSPS) is 19.4. The molecule has 0 saturated carbocycles. The van der Waals surface area contributed by atoms with Crippen LogP contribution in [0.4, 0.5) is 5.95 Å². The van der Waals surface area contributed by atoms with Crippen molar-refractivity contribution in [1.29, 1.82) is 0 Å². The Kier molecular flexibility index (Phi) is 4.21. The lowest BCUT2D eigenvalue weighted by molar-refractivity contribution is -0.119. The molecule has 1 atom stereocenters. The molecule has 0 unspecified atom stereocenters. The summed E-state index contributed by atoms with van der Waals surface area (Å²) in [5.41, 5.74) is 5.37. The highest BCUT2D eigenvalue weighted by Gasteiger charge is 2.16. The van der Waals surface area contributed by atoms with Crippen LogP contribution in [-0.4, -0.2) is 46.1 Å². The van der Waals surface area contributed by atoms with Crippen molar-refractivity contribution in [3.05, 3.63) is 0 Å². The van der Waals surface area contributed by atoms with Gasteiger partial charge in [0.2, 0.25) is 17.0 Å². The lowest BCUT2D eigenvalue weighted by Crippen LogP contribution is -2.32. The van der Waals surface area contributed by atoms with E-state index >= 15 is 0 Å². The van der Waals surface area contributed by atoms with Gasteiger partial charge in [-0.25, -0.2) is 5.10 Å². The molecule has 0 aliphatic carbocycles. The maximum Gasteiger partial charge on any atom is 0.230 e. The van der Waals surface area contributed by atoms with E-state index in [4.69, 9.17) is 10.5 Å². The number of thioether (sulfide) groups is 1. The molecule has 1 aromatic heterocycles. The predicted molar refractivity (Wildman–Crippen MR) is 63.5 cm³/mol. The number of amides is 1. The number of ether oxygens (including phenoxy) is 1. The molecule has 0 spiro atoms. The number of H-pyrrole nitrogens is 1. The fourth-order valence-corrected chi connectivity index (χ4v) is 2.17. The molecule has 1 aliphatic heterocycles. The Morgan fingerprint density at radius 2 is 2.59 bits per heavy atom. The number of aromatic nitrogens is 3. The van der Waals surface area contributed by atoms with Crippen LogP contribution >= 0.6 is 11.8 Å². The van der Waals surface area contributed by atoms with E-state index in [9.17, 15) is 4.79 Å². The minimum absolute atomic E-state index is 0.0473. The van der Waals surface area contributed by atoms with Crippen molar-refractivity contribution in [1.82, 2.24) is 20.5 Å². The number of nitrogen functional groups attached to an aromatic ring is 1. The number of anilines is 1. The lowest BCUT2D eigenvalue weighted by Gasteiger charge is -2.09. The van der Waals surface area contributed by atoms with Crippen LogP contribution < -0.4 is 11.1 Å². The van der Waals surface area contributed by atoms with Gasteiger partial charge in [-0.15, -0.1) is 5.10 Å². The van der Waals surface area contributed by atoms with Gasteiger partial charge >= 0.3 is 0 Å². The third kappa shape index (κ3) is 3.90. The first-order chi connectivity index (χ1) is 8.24. The Balaban J connectivity index is 1.63. The maximum atomic E-state index is 11.5. The van der Waals surface area contributed by atoms with Crippen molar-refractivity contribution < 1.29 is 9.53 Å². The van der Waals surface area contributed by atoms with E-state index in [1.165, 1.54) is 11.8 Å². The first-order valence-corrected chi connectivity index (χ1v) is 6.41. The summed E-state index contributed by atoms with van der Waals surface area (Å²) in [5, 5.41) is 9.64. The first kappa shape index (κ1) is 12.2. The lowest BCUT2D eigenvalue weighted by atomic mass is 10.2. The number of aromatic amines is 1. The minimum Gasteiger partial charge on any atom is -0.376 e. The van der Waals surface area contributed by atoms with Gasteiger partial charge < -0.3 is 15.8 Å². The SMILES string of the molecule is Nc1nc(SCC(=O)NC[C@@H]2CCCO2)n[nH]1. The highest BCUT2D eigenvalue weighted by atomic mass is 32.2. The van der Waals surface area contributed by atoms with Gasteiger partial charge in [0, 0.05) is 13.2 Å². The molecule has 4 N–H and O–H groups in total. The van der Waals surface area contributed by atoms with Crippen LogP contribution in [0.3, 0.4) is 0 Å². The molecule has 0 bridgehead atoms. The van der Waals surface area contributed by atoms with E-state index in [0.717, 1.165) is 19.4 Å². The van der Waals surface area contributed by atoms with Crippen LogP contribution in [0, 0.1) is 0 Å². The summed E-state index contributed by atoms with van der Waals surface area (Å²) in [6.45, 7) is 1.38. The number of rotatable bonds is 5. The average molecular weight is 257 g/mol. The molecule has 2 rings (SSSR count). The van der Waals surface area contributed by atoms with Crippen LogP contribution in [0.15, 0.2) is 5.16 Å². The molecule has 1 fully saturated rings. The van der Waals surface area contributed by atoms with E-state index in [1.54, 1.807) is 0 Å². The van der Waals surface area contributed by atoms with Gasteiger partial charge in [-0.2, -0.15) is 4.98 Å². The number of nitrogens with one attached hydrogen (secondary N) is 2.